The van der Waals surface area contributed by atoms with Gasteiger partial charge in [0, 0.05) is 17.9 Å². The summed E-state index contributed by atoms with van der Waals surface area (Å²) in [5, 5.41) is 2.31. The van der Waals surface area contributed by atoms with Crippen LogP contribution < -0.4 is 5.32 Å². The maximum Gasteiger partial charge on any atom is 0.288 e. The third-order valence-corrected chi connectivity index (χ3v) is 7.76. The number of aliphatic imine (C=N–C) groups is 1. The van der Waals surface area contributed by atoms with E-state index in [1.807, 2.05) is 0 Å². The molecule has 0 aromatic heterocycles. The van der Waals surface area contributed by atoms with E-state index in [1.165, 1.54) is 42.0 Å². The van der Waals surface area contributed by atoms with Crippen LogP contribution in [0.1, 0.15) is 38.5 Å². The lowest BCUT2D eigenvalue weighted by atomic mass is 9.97. The first-order chi connectivity index (χ1) is 17.4. The smallest absolute Gasteiger partial charge is 0.288 e. The molecule has 2 amide bonds. The minimum Gasteiger partial charge on any atom is -0.324 e. The van der Waals surface area contributed by atoms with Gasteiger partial charge in [0.15, 0.2) is 5.17 Å². The normalized spacial score (nSPS) is 19.2. The number of nitrogens with one attached hydrogen (secondary N) is 1. The molecule has 0 spiro atoms. The summed E-state index contributed by atoms with van der Waals surface area (Å²) in [6, 6.07) is 12.2. The number of carbonyl (C=O) groups excluding carboxylic acids is 2. The predicted molar refractivity (Wildman–Crippen MR) is 139 cm³/mol. The van der Waals surface area contributed by atoms with Gasteiger partial charge >= 0.3 is 0 Å². The highest BCUT2D eigenvalue weighted by Gasteiger charge is 2.39. The van der Waals surface area contributed by atoms with Crippen molar-refractivity contribution in [2.24, 2.45) is 4.99 Å². The van der Waals surface area contributed by atoms with Gasteiger partial charge in [0.25, 0.3) is 5.76 Å². The third kappa shape index (κ3) is 7.16. The molecule has 10 heteroatoms. The molecule has 36 heavy (non-hydrogen) atoms. The average Bonchev–Trinajstić information content (AvgIpc) is 3.14. The summed E-state index contributed by atoms with van der Waals surface area (Å²) in [7, 11) is 0. The molecular weight excluding hydrogens is 507 g/mol. The van der Waals surface area contributed by atoms with Crippen LogP contribution in [0.15, 0.2) is 70.1 Å². The van der Waals surface area contributed by atoms with Gasteiger partial charge in [-0.2, -0.15) is 8.78 Å². The number of rotatable bonds is 9. The number of anilines is 1. The minimum absolute atomic E-state index is 0.0645. The van der Waals surface area contributed by atoms with Crippen molar-refractivity contribution in [2.75, 3.05) is 11.9 Å². The molecule has 0 radical (unpaired) electrons. The molecule has 190 valence electrons. The Morgan fingerprint density at radius 1 is 1.17 bits per heavy atom. The second-order valence-corrected chi connectivity index (χ2v) is 10.7. The highest BCUT2D eigenvalue weighted by Crippen LogP contribution is 2.34. The molecule has 1 saturated heterocycles. The Morgan fingerprint density at radius 3 is 2.64 bits per heavy atom. The molecule has 1 atom stereocenters. The first kappa shape index (κ1) is 26.3. The van der Waals surface area contributed by atoms with E-state index in [9.17, 15) is 22.8 Å². The number of hydrogen-bond acceptors (Lipinski definition) is 5. The Kier molecular flexibility index (Phi) is 9.14. The molecule has 1 heterocycles. The number of amides is 2. The van der Waals surface area contributed by atoms with Crippen molar-refractivity contribution in [1.82, 2.24) is 4.90 Å². The number of hydrogen-bond donors (Lipinski definition) is 1. The molecule has 1 unspecified atom stereocenters. The highest BCUT2D eigenvalue weighted by molar-refractivity contribution is 8.15. The summed E-state index contributed by atoms with van der Waals surface area (Å²) in [5.41, 5.74) is 1.91. The van der Waals surface area contributed by atoms with Gasteiger partial charge < -0.3 is 5.32 Å². The largest absolute Gasteiger partial charge is 0.324 e. The number of amidine groups is 1. The quantitative estimate of drug-likeness (QED) is 0.279. The van der Waals surface area contributed by atoms with Gasteiger partial charge in [-0.25, -0.2) is 9.38 Å². The van der Waals surface area contributed by atoms with Gasteiger partial charge in [-0.1, -0.05) is 47.3 Å². The summed E-state index contributed by atoms with van der Waals surface area (Å²) in [6.45, 7) is 0.446. The average molecular weight is 534 g/mol. The molecule has 2 aliphatic rings. The standard InChI is InChI=1S/C26H26F3N3O2S2/c27-20-8-4-5-9-21(20)31-23(33)16-22-24(34)32(15-14-17-6-2-1-3-7-17)26(36-22)30-18-10-12-19(13-11-18)35-25(28)29/h4-6,8-13,22,25H,1-3,7,14-16H2,(H,31,33). The highest BCUT2D eigenvalue weighted by atomic mass is 32.2. The van der Waals surface area contributed by atoms with Crippen LogP contribution in [0, 0.1) is 5.82 Å². The van der Waals surface area contributed by atoms with E-state index in [1.54, 1.807) is 35.2 Å². The van der Waals surface area contributed by atoms with Gasteiger partial charge in [-0.3, -0.25) is 14.5 Å². The fourth-order valence-corrected chi connectivity index (χ4v) is 5.75. The lowest BCUT2D eigenvalue weighted by Crippen LogP contribution is -2.34. The number of nitrogens with zero attached hydrogens (tertiary/aromatic N) is 2. The second kappa shape index (κ2) is 12.5. The maximum absolute atomic E-state index is 13.9. The molecular formula is C26H26F3N3O2S2. The Labute approximate surface area is 216 Å². The van der Waals surface area contributed by atoms with Crippen LogP contribution in [0.2, 0.25) is 0 Å². The van der Waals surface area contributed by atoms with Crippen LogP contribution in [0.4, 0.5) is 24.5 Å². The molecule has 1 fully saturated rings. The minimum atomic E-state index is -2.51. The zero-order valence-corrected chi connectivity index (χ0v) is 21.1. The first-order valence-corrected chi connectivity index (χ1v) is 13.5. The fraction of sp³-hybridized carbons (Fsp3) is 0.346. The fourth-order valence-electron chi connectivity index (χ4n) is 4.06. The van der Waals surface area contributed by atoms with Gasteiger partial charge in [-0.05, 0) is 68.5 Å². The molecule has 1 aliphatic carbocycles. The number of allylic oxidation sites excluding steroid dienone is 1. The monoisotopic (exact) mass is 533 g/mol. The lowest BCUT2D eigenvalue weighted by molar-refractivity contribution is -0.128. The summed E-state index contributed by atoms with van der Waals surface area (Å²) in [6.07, 6.45) is 7.20. The number of benzene rings is 2. The second-order valence-electron chi connectivity index (χ2n) is 8.45. The van der Waals surface area contributed by atoms with E-state index in [-0.39, 0.29) is 18.0 Å². The topological polar surface area (TPSA) is 61.8 Å². The van der Waals surface area contributed by atoms with Crippen molar-refractivity contribution >= 4 is 51.9 Å². The zero-order chi connectivity index (χ0) is 25.5. The Balaban J connectivity index is 1.49. The first-order valence-electron chi connectivity index (χ1n) is 11.7. The number of thioether (sulfide) groups is 2. The van der Waals surface area contributed by atoms with E-state index < -0.39 is 22.7 Å². The van der Waals surface area contributed by atoms with Crippen LogP contribution in [0.25, 0.3) is 0 Å². The van der Waals surface area contributed by atoms with Crippen molar-refractivity contribution in [3.8, 4) is 0 Å². The number of para-hydroxylation sites is 1. The van der Waals surface area contributed by atoms with Gasteiger partial charge in [0.2, 0.25) is 11.8 Å². The van der Waals surface area contributed by atoms with Crippen molar-refractivity contribution in [3.63, 3.8) is 0 Å². The molecule has 0 bridgehead atoms. The van der Waals surface area contributed by atoms with Crippen LogP contribution in [0.5, 0.6) is 0 Å². The number of carbonyl (C=O) groups is 2. The van der Waals surface area contributed by atoms with E-state index in [0.717, 1.165) is 25.7 Å². The molecule has 2 aromatic rings. The van der Waals surface area contributed by atoms with Crippen LogP contribution in [0.3, 0.4) is 0 Å². The molecule has 1 aliphatic heterocycles. The summed E-state index contributed by atoms with van der Waals surface area (Å²) in [5.74, 6) is -3.74. The van der Waals surface area contributed by atoms with Crippen molar-refractivity contribution in [1.29, 1.82) is 0 Å². The molecule has 5 nitrogen and oxygen atoms in total. The van der Waals surface area contributed by atoms with Crippen molar-refractivity contribution in [2.45, 2.75) is 54.4 Å². The summed E-state index contributed by atoms with van der Waals surface area (Å²) >= 11 is 1.65. The molecule has 0 saturated carbocycles. The lowest BCUT2D eigenvalue weighted by Gasteiger charge is -2.19. The summed E-state index contributed by atoms with van der Waals surface area (Å²) < 4.78 is 39.2. The molecule has 1 N–H and O–H groups in total. The summed E-state index contributed by atoms with van der Waals surface area (Å²) in [4.78, 5) is 32.5. The Hall–Kier alpha value is -2.72. The van der Waals surface area contributed by atoms with Gasteiger partial charge in [-0.15, -0.1) is 0 Å². The maximum atomic E-state index is 13.9. The Bertz CT molecular complexity index is 1160. The number of alkyl halides is 2. The van der Waals surface area contributed by atoms with Crippen LogP contribution in [-0.2, 0) is 9.59 Å². The van der Waals surface area contributed by atoms with Crippen LogP contribution in [-0.4, -0.2) is 39.4 Å². The third-order valence-electron chi connectivity index (χ3n) is 5.87. The van der Waals surface area contributed by atoms with E-state index >= 15 is 0 Å². The SMILES string of the molecule is O=C(CC1SC(=Nc2ccc(SC(F)F)cc2)N(CCC2=CCCCC2)C1=O)Nc1ccccc1F. The van der Waals surface area contributed by atoms with E-state index in [2.05, 4.69) is 16.4 Å². The van der Waals surface area contributed by atoms with Crippen LogP contribution >= 0.6 is 23.5 Å². The number of halogens is 3. The molecule has 4 rings (SSSR count). The van der Waals surface area contributed by atoms with E-state index in [0.29, 0.717) is 34.1 Å². The predicted octanol–water partition coefficient (Wildman–Crippen LogP) is 6.99. The van der Waals surface area contributed by atoms with Gasteiger partial charge in [0.1, 0.15) is 11.1 Å². The van der Waals surface area contributed by atoms with Crippen molar-refractivity contribution < 1.29 is 22.8 Å². The zero-order valence-electron chi connectivity index (χ0n) is 19.5. The Morgan fingerprint density at radius 2 is 1.94 bits per heavy atom. The van der Waals surface area contributed by atoms with Crippen molar-refractivity contribution in [3.05, 3.63) is 66.0 Å². The molecule has 2 aromatic carbocycles. The van der Waals surface area contributed by atoms with E-state index in [4.69, 9.17) is 0 Å². The van der Waals surface area contributed by atoms with Gasteiger partial charge in [0.05, 0.1) is 11.4 Å².